The van der Waals surface area contributed by atoms with Crippen molar-refractivity contribution < 1.29 is 4.39 Å². The molecule has 0 fully saturated rings. The smallest absolute Gasteiger partial charge is 0.171 e. The zero-order chi connectivity index (χ0) is 13.7. The van der Waals surface area contributed by atoms with Gasteiger partial charge in [0.2, 0.25) is 0 Å². The van der Waals surface area contributed by atoms with E-state index in [1.807, 2.05) is 37.3 Å². The van der Waals surface area contributed by atoms with Crippen LogP contribution in [-0.2, 0) is 0 Å². The van der Waals surface area contributed by atoms with Gasteiger partial charge in [-0.3, -0.25) is 0 Å². The number of hydrogen-bond donors (Lipinski definition) is 2. The number of benzene rings is 2. The normalized spacial score (nSPS) is 11.7. The molecule has 98 valence electrons. The predicted molar refractivity (Wildman–Crippen MR) is 80.6 cm³/mol. The molecule has 0 aliphatic rings. The molecule has 19 heavy (non-hydrogen) atoms. The molecular formula is C15H15FN2S. The molecule has 2 N–H and O–H groups in total. The lowest BCUT2D eigenvalue weighted by Crippen LogP contribution is -2.30. The molecule has 0 unspecified atom stereocenters. The number of rotatable bonds is 3. The van der Waals surface area contributed by atoms with Crippen LogP contribution in [0.5, 0.6) is 0 Å². The van der Waals surface area contributed by atoms with Crippen LogP contribution >= 0.6 is 12.2 Å². The molecule has 2 aromatic carbocycles. The topological polar surface area (TPSA) is 24.1 Å². The summed E-state index contributed by atoms with van der Waals surface area (Å²) in [6.45, 7) is 2.04. The van der Waals surface area contributed by atoms with E-state index in [1.165, 1.54) is 12.1 Å². The van der Waals surface area contributed by atoms with Crippen molar-refractivity contribution in [1.82, 2.24) is 5.32 Å². The molecule has 2 aromatic rings. The van der Waals surface area contributed by atoms with Gasteiger partial charge >= 0.3 is 0 Å². The van der Waals surface area contributed by atoms with Crippen LogP contribution in [0.1, 0.15) is 18.5 Å². The first-order valence-electron chi connectivity index (χ1n) is 6.03. The monoisotopic (exact) mass is 274 g/mol. The number of halogens is 1. The standard InChI is InChI=1S/C15H15FN2S/c1-11(12-5-3-2-4-6-12)17-15(19)18-14-9-7-13(16)8-10-14/h2-11H,1H3,(H2,17,18,19)/t11-/m0/s1. The van der Waals surface area contributed by atoms with E-state index in [9.17, 15) is 4.39 Å². The molecule has 2 rings (SSSR count). The van der Waals surface area contributed by atoms with Crippen molar-refractivity contribution in [3.8, 4) is 0 Å². The third-order valence-corrected chi connectivity index (χ3v) is 2.97. The molecule has 0 bridgehead atoms. The molecule has 0 spiro atoms. The van der Waals surface area contributed by atoms with Crippen molar-refractivity contribution in [2.24, 2.45) is 0 Å². The van der Waals surface area contributed by atoms with Crippen LogP contribution in [0.3, 0.4) is 0 Å². The molecule has 1 atom stereocenters. The van der Waals surface area contributed by atoms with E-state index in [2.05, 4.69) is 10.6 Å². The largest absolute Gasteiger partial charge is 0.356 e. The number of anilines is 1. The second kappa shape index (κ2) is 6.29. The van der Waals surface area contributed by atoms with Crippen molar-refractivity contribution in [3.05, 3.63) is 66.0 Å². The minimum Gasteiger partial charge on any atom is -0.356 e. The first-order chi connectivity index (χ1) is 9.15. The maximum absolute atomic E-state index is 12.8. The van der Waals surface area contributed by atoms with E-state index in [1.54, 1.807) is 12.1 Å². The number of thiocarbonyl (C=S) groups is 1. The van der Waals surface area contributed by atoms with Crippen molar-refractivity contribution in [2.75, 3.05) is 5.32 Å². The molecule has 0 saturated carbocycles. The van der Waals surface area contributed by atoms with Crippen LogP contribution in [0.15, 0.2) is 54.6 Å². The summed E-state index contributed by atoms with van der Waals surface area (Å²) in [5.41, 5.74) is 1.92. The lowest BCUT2D eigenvalue weighted by molar-refractivity contribution is 0.628. The highest BCUT2D eigenvalue weighted by Crippen LogP contribution is 2.12. The Bertz CT molecular complexity index is 540. The Balaban J connectivity index is 1.93. The Morgan fingerprint density at radius 2 is 1.68 bits per heavy atom. The van der Waals surface area contributed by atoms with Gasteiger partial charge in [-0.1, -0.05) is 30.3 Å². The average molecular weight is 274 g/mol. The maximum atomic E-state index is 12.8. The Labute approximate surface area is 117 Å². The molecule has 2 nitrogen and oxygen atoms in total. The second-order valence-electron chi connectivity index (χ2n) is 4.24. The molecule has 0 radical (unpaired) electrons. The fraction of sp³-hybridized carbons (Fsp3) is 0.133. The second-order valence-corrected chi connectivity index (χ2v) is 4.65. The van der Waals surface area contributed by atoms with Crippen LogP contribution in [-0.4, -0.2) is 5.11 Å². The van der Waals surface area contributed by atoms with Gasteiger partial charge in [0.1, 0.15) is 5.82 Å². The first kappa shape index (κ1) is 13.5. The van der Waals surface area contributed by atoms with Crippen molar-refractivity contribution >= 4 is 23.0 Å². The Morgan fingerprint density at radius 3 is 2.32 bits per heavy atom. The molecule has 0 saturated heterocycles. The van der Waals surface area contributed by atoms with Crippen molar-refractivity contribution in [3.63, 3.8) is 0 Å². The summed E-state index contributed by atoms with van der Waals surface area (Å²) in [5.74, 6) is -0.262. The SMILES string of the molecule is C[C@H](NC(=S)Nc1ccc(F)cc1)c1ccccc1. The molecule has 0 aromatic heterocycles. The van der Waals surface area contributed by atoms with E-state index < -0.39 is 0 Å². The number of nitrogens with one attached hydrogen (secondary N) is 2. The number of hydrogen-bond acceptors (Lipinski definition) is 1. The van der Waals surface area contributed by atoms with Gasteiger partial charge in [-0.25, -0.2) is 4.39 Å². The van der Waals surface area contributed by atoms with Crippen LogP contribution in [0, 0.1) is 5.82 Å². The van der Waals surface area contributed by atoms with E-state index >= 15 is 0 Å². The summed E-state index contributed by atoms with van der Waals surface area (Å²) >= 11 is 5.23. The maximum Gasteiger partial charge on any atom is 0.171 e. The lowest BCUT2D eigenvalue weighted by Gasteiger charge is -2.17. The highest BCUT2D eigenvalue weighted by Gasteiger charge is 2.06. The zero-order valence-electron chi connectivity index (χ0n) is 10.6. The van der Waals surface area contributed by atoms with Crippen LogP contribution < -0.4 is 10.6 Å². The van der Waals surface area contributed by atoms with E-state index in [-0.39, 0.29) is 11.9 Å². The summed E-state index contributed by atoms with van der Waals surface area (Å²) in [7, 11) is 0. The van der Waals surface area contributed by atoms with Gasteiger partial charge in [-0.05, 0) is 49.0 Å². The molecule has 0 amide bonds. The molecule has 0 aliphatic carbocycles. The summed E-state index contributed by atoms with van der Waals surface area (Å²) in [6, 6.07) is 16.2. The summed E-state index contributed by atoms with van der Waals surface area (Å²) in [5, 5.41) is 6.73. The van der Waals surface area contributed by atoms with E-state index in [0.717, 1.165) is 11.3 Å². The highest BCUT2D eigenvalue weighted by molar-refractivity contribution is 7.80. The van der Waals surface area contributed by atoms with Crippen LogP contribution in [0.25, 0.3) is 0 Å². The third kappa shape index (κ3) is 4.03. The average Bonchev–Trinajstić information content (AvgIpc) is 2.42. The minimum atomic E-state index is -0.262. The van der Waals surface area contributed by atoms with E-state index in [4.69, 9.17) is 12.2 Å². The van der Waals surface area contributed by atoms with Gasteiger partial charge in [0.15, 0.2) is 5.11 Å². The zero-order valence-corrected chi connectivity index (χ0v) is 11.4. The van der Waals surface area contributed by atoms with Gasteiger partial charge in [0.25, 0.3) is 0 Å². The minimum absolute atomic E-state index is 0.113. The molecule has 4 heteroatoms. The Morgan fingerprint density at radius 1 is 1.05 bits per heavy atom. The van der Waals surface area contributed by atoms with E-state index in [0.29, 0.717) is 5.11 Å². The summed E-state index contributed by atoms with van der Waals surface area (Å²) in [4.78, 5) is 0. The fourth-order valence-corrected chi connectivity index (χ4v) is 2.02. The van der Waals surface area contributed by atoms with Gasteiger partial charge in [-0.2, -0.15) is 0 Å². The van der Waals surface area contributed by atoms with Gasteiger partial charge in [0.05, 0.1) is 6.04 Å². The quantitative estimate of drug-likeness (QED) is 0.831. The van der Waals surface area contributed by atoms with Crippen molar-refractivity contribution in [1.29, 1.82) is 0 Å². The fourth-order valence-electron chi connectivity index (χ4n) is 1.72. The summed E-state index contributed by atoms with van der Waals surface area (Å²) < 4.78 is 12.8. The van der Waals surface area contributed by atoms with Crippen LogP contribution in [0.2, 0.25) is 0 Å². The molecule has 0 aliphatic heterocycles. The first-order valence-corrected chi connectivity index (χ1v) is 6.44. The van der Waals surface area contributed by atoms with Crippen molar-refractivity contribution in [2.45, 2.75) is 13.0 Å². The molecular weight excluding hydrogens is 259 g/mol. The predicted octanol–water partition coefficient (Wildman–Crippen LogP) is 3.87. The molecule has 0 heterocycles. The highest BCUT2D eigenvalue weighted by atomic mass is 32.1. The summed E-state index contributed by atoms with van der Waals surface area (Å²) in [6.07, 6.45) is 0. The van der Waals surface area contributed by atoms with Gasteiger partial charge in [0, 0.05) is 5.69 Å². The lowest BCUT2D eigenvalue weighted by atomic mass is 10.1. The third-order valence-electron chi connectivity index (χ3n) is 2.75. The van der Waals surface area contributed by atoms with Crippen LogP contribution in [0.4, 0.5) is 10.1 Å². The Hall–Kier alpha value is -1.94. The van der Waals surface area contributed by atoms with Gasteiger partial charge < -0.3 is 10.6 Å². The van der Waals surface area contributed by atoms with Gasteiger partial charge in [-0.15, -0.1) is 0 Å². The Kier molecular flexibility index (Phi) is 4.47.